The van der Waals surface area contributed by atoms with Crippen molar-refractivity contribution in [2.75, 3.05) is 11.9 Å². The summed E-state index contributed by atoms with van der Waals surface area (Å²) in [5.41, 5.74) is -2.22. The van der Waals surface area contributed by atoms with Gasteiger partial charge in [0.25, 0.3) is 5.69 Å². The number of anilines is 1. The summed E-state index contributed by atoms with van der Waals surface area (Å²) in [6.07, 6.45) is -3.76. The van der Waals surface area contributed by atoms with Crippen LogP contribution in [0.3, 0.4) is 0 Å². The zero-order valence-corrected chi connectivity index (χ0v) is 15.5. The number of primary sulfonamides is 1. The molecule has 2 aromatic carbocycles. The lowest BCUT2D eigenvalue weighted by Crippen LogP contribution is -2.21. The standard InChI is InChI=1S/C17H15F4N3O4S/c18-12-4-10(3-11(5-12)17(19,20)21)16(1-2-16)9-23-13-6-14(24(25)26)8-15(7-13)29(22,27)28/h3-8,23H,1-2,9H2,(H2,22,27,28). The lowest BCUT2D eigenvalue weighted by molar-refractivity contribution is -0.385. The molecule has 1 aliphatic rings. The second-order valence-electron chi connectivity index (χ2n) is 6.88. The molecule has 1 saturated carbocycles. The first-order valence-electron chi connectivity index (χ1n) is 8.25. The third-order valence-corrected chi connectivity index (χ3v) is 5.65. The zero-order chi connectivity index (χ0) is 21.6. The molecule has 156 valence electrons. The Labute approximate surface area is 162 Å². The highest BCUT2D eigenvalue weighted by molar-refractivity contribution is 7.89. The lowest BCUT2D eigenvalue weighted by atomic mass is 9.93. The number of nitrogens with one attached hydrogen (secondary N) is 1. The summed E-state index contributed by atoms with van der Waals surface area (Å²) >= 11 is 0. The maximum atomic E-state index is 13.7. The van der Waals surface area contributed by atoms with E-state index in [1.807, 2.05) is 0 Å². The molecule has 0 atom stereocenters. The summed E-state index contributed by atoms with van der Waals surface area (Å²) in [5.74, 6) is -1.02. The Hall–Kier alpha value is -2.73. The molecule has 0 spiro atoms. The number of rotatable bonds is 6. The monoisotopic (exact) mass is 433 g/mol. The van der Waals surface area contributed by atoms with Crippen LogP contribution in [0, 0.1) is 15.9 Å². The molecule has 0 saturated heterocycles. The highest BCUT2D eigenvalue weighted by Gasteiger charge is 2.45. The first-order valence-corrected chi connectivity index (χ1v) is 9.79. The van der Waals surface area contributed by atoms with Crippen LogP contribution in [0.4, 0.5) is 28.9 Å². The maximum absolute atomic E-state index is 13.7. The first-order chi connectivity index (χ1) is 13.3. The fourth-order valence-corrected chi connectivity index (χ4v) is 3.58. The van der Waals surface area contributed by atoms with Crippen molar-refractivity contribution in [1.82, 2.24) is 0 Å². The Morgan fingerprint density at radius 3 is 2.31 bits per heavy atom. The molecule has 0 radical (unpaired) electrons. The second-order valence-corrected chi connectivity index (χ2v) is 8.44. The van der Waals surface area contributed by atoms with Gasteiger partial charge in [-0.1, -0.05) is 0 Å². The average molecular weight is 433 g/mol. The van der Waals surface area contributed by atoms with Gasteiger partial charge in [0.1, 0.15) is 5.82 Å². The quantitative estimate of drug-likeness (QED) is 0.411. The van der Waals surface area contributed by atoms with Crippen LogP contribution in [-0.4, -0.2) is 19.9 Å². The van der Waals surface area contributed by atoms with E-state index in [2.05, 4.69) is 5.32 Å². The van der Waals surface area contributed by atoms with Gasteiger partial charge in [-0.15, -0.1) is 0 Å². The summed E-state index contributed by atoms with van der Waals surface area (Å²) in [6, 6.07) is 5.28. The largest absolute Gasteiger partial charge is 0.416 e. The third kappa shape index (κ3) is 4.65. The van der Waals surface area contributed by atoms with E-state index in [-0.39, 0.29) is 17.8 Å². The number of nitrogens with two attached hydrogens (primary N) is 1. The molecule has 3 rings (SSSR count). The van der Waals surface area contributed by atoms with Crippen molar-refractivity contribution in [2.24, 2.45) is 5.14 Å². The van der Waals surface area contributed by atoms with E-state index in [0.717, 1.165) is 30.3 Å². The minimum Gasteiger partial charge on any atom is -0.384 e. The van der Waals surface area contributed by atoms with Crippen molar-refractivity contribution in [3.8, 4) is 0 Å². The number of nitro groups is 1. The van der Waals surface area contributed by atoms with Crippen molar-refractivity contribution >= 4 is 21.4 Å². The number of nitro benzene ring substituents is 1. The van der Waals surface area contributed by atoms with Crippen LogP contribution in [0.2, 0.25) is 0 Å². The van der Waals surface area contributed by atoms with Crippen LogP contribution in [0.5, 0.6) is 0 Å². The van der Waals surface area contributed by atoms with E-state index in [1.54, 1.807) is 0 Å². The highest BCUT2D eigenvalue weighted by Crippen LogP contribution is 2.49. The van der Waals surface area contributed by atoms with E-state index < -0.39 is 48.5 Å². The fraction of sp³-hybridized carbons (Fsp3) is 0.294. The molecule has 1 fully saturated rings. The molecule has 0 bridgehead atoms. The van der Waals surface area contributed by atoms with Crippen molar-refractivity contribution in [1.29, 1.82) is 0 Å². The van der Waals surface area contributed by atoms with Gasteiger partial charge in [-0.25, -0.2) is 17.9 Å². The molecule has 2 aromatic rings. The van der Waals surface area contributed by atoms with Gasteiger partial charge in [0.05, 0.1) is 15.4 Å². The summed E-state index contributed by atoms with van der Waals surface area (Å²) in [7, 11) is -4.22. The van der Waals surface area contributed by atoms with Gasteiger partial charge in [0.2, 0.25) is 10.0 Å². The molecule has 29 heavy (non-hydrogen) atoms. The van der Waals surface area contributed by atoms with Crippen molar-refractivity contribution in [2.45, 2.75) is 29.3 Å². The number of sulfonamides is 1. The summed E-state index contributed by atoms with van der Waals surface area (Å²) in [4.78, 5) is 9.75. The van der Waals surface area contributed by atoms with Crippen molar-refractivity contribution < 1.29 is 30.9 Å². The van der Waals surface area contributed by atoms with Gasteiger partial charge in [-0.3, -0.25) is 10.1 Å². The molecule has 0 unspecified atom stereocenters. The highest BCUT2D eigenvalue weighted by atomic mass is 32.2. The number of hydrogen-bond donors (Lipinski definition) is 2. The number of nitrogens with zero attached hydrogens (tertiary/aromatic N) is 1. The molecular weight excluding hydrogens is 418 g/mol. The molecule has 0 heterocycles. The minimum absolute atomic E-state index is 0.0268. The Morgan fingerprint density at radius 2 is 1.79 bits per heavy atom. The second kappa shape index (κ2) is 6.95. The molecule has 0 aromatic heterocycles. The van der Waals surface area contributed by atoms with Crippen LogP contribution in [0.15, 0.2) is 41.3 Å². The summed E-state index contributed by atoms with van der Waals surface area (Å²) in [6.45, 7) is 0.0268. The number of hydrogen-bond acceptors (Lipinski definition) is 5. The molecule has 12 heteroatoms. The van der Waals surface area contributed by atoms with Crippen LogP contribution in [0.25, 0.3) is 0 Å². The maximum Gasteiger partial charge on any atom is 0.416 e. The van der Waals surface area contributed by atoms with Crippen molar-refractivity contribution in [3.05, 3.63) is 63.5 Å². The van der Waals surface area contributed by atoms with Gasteiger partial charge in [-0.2, -0.15) is 13.2 Å². The van der Waals surface area contributed by atoms with E-state index >= 15 is 0 Å². The number of alkyl halides is 3. The summed E-state index contributed by atoms with van der Waals surface area (Å²) < 4.78 is 75.7. The predicted molar refractivity (Wildman–Crippen MR) is 95.3 cm³/mol. The Balaban J connectivity index is 1.90. The van der Waals surface area contributed by atoms with E-state index in [0.29, 0.717) is 18.9 Å². The first kappa shape index (κ1) is 21.0. The topological polar surface area (TPSA) is 115 Å². The van der Waals surface area contributed by atoms with Crippen LogP contribution in [-0.2, 0) is 21.6 Å². The van der Waals surface area contributed by atoms with E-state index in [4.69, 9.17) is 5.14 Å². The molecule has 7 nitrogen and oxygen atoms in total. The smallest absolute Gasteiger partial charge is 0.384 e. The Morgan fingerprint density at radius 1 is 1.14 bits per heavy atom. The normalized spacial score (nSPS) is 15.8. The predicted octanol–water partition coefficient (Wildman–Crippen LogP) is 3.54. The SMILES string of the molecule is NS(=O)(=O)c1cc(NCC2(c3cc(F)cc(C(F)(F)F)c3)CC2)cc([N+](=O)[O-])c1. The lowest BCUT2D eigenvalue weighted by Gasteiger charge is -2.19. The van der Waals surface area contributed by atoms with Gasteiger partial charge >= 0.3 is 6.18 Å². The van der Waals surface area contributed by atoms with Gasteiger partial charge in [0.15, 0.2) is 0 Å². The van der Waals surface area contributed by atoms with Crippen LogP contribution < -0.4 is 10.5 Å². The molecule has 1 aliphatic carbocycles. The number of halogens is 4. The van der Waals surface area contributed by atoms with E-state index in [9.17, 15) is 36.1 Å². The number of benzene rings is 2. The average Bonchev–Trinajstić information content (AvgIpc) is 3.39. The summed E-state index contributed by atoms with van der Waals surface area (Å²) in [5, 5.41) is 18.9. The fourth-order valence-electron chi connectivity index (χ4n) is 3.00. The minimum atomic E-state index is -4.70. The molecule has 0 amide bonds. The molecular formula is C17H15F4N3O4S. The Bertz CT molecular complexity index is 1080. The van der Waals surface area contributed by atoms with Crippen LogP contribution in [0.1, 0.15) is 24.0 Å². The molecule has 0 aliphatic heterocycles. The van der Waals surface area contributed by atoms with E-state index in [1.165, 1.54) is 0 Å². The Kier molecular flexibility index (Phi) is 5.03. The van der Waals surface area contributed by atoms with Gasteiger partial charge in [0, 0.05) is 29.8 Å². The van der Waals surface area contributed by atoms with Crippen molar-refractivity contribution in [3.63, 3.8) is 0 Å². The van der Waals surface area contributed by atoms with Crippen LogP contribution >= 0.6 is 0 Å². The van der Waals surface area contributed by atoms with Gasteiger partial charge in [-0.05, 0) is 42.7 Å². The third-order valence-electron chi connectivity index (χ3n) is 4.75. The zero-order valence-electron chi connectivity index (χ0n) is 14.7. The van der Waals surface area contributed by atoms with Gasteiger partial charge < -0.3 is 5.32 Å². The number of non-ortho nitro benzene ring substituents is 1. The molecule has 3 N–H and O–H groups in total.